The van der Waals surface area contributed by atoms with Crippen LogP contribution in [0.4, 0.5) is 0 Å². The van der Waals surface area contributed by atoms with Gasteiger partial charge in [0.15, 0.2) is 0 Å². The molecule has 1 aromatic carbocycles. The number of aliphatic hydroxyl groups excluding tert-OH is 1. The summed E-state index contributed by atoms with van der Waals surface area (Å²) in [4.78, 5) is 4.29. The lowest BCUT2D eigenvalue weighted by Crippen LogP contribution is -1.89. The zero-order valence-corrected chi connectivity index (χ0v) is 9.23. The molecule has 16 heavy (non-hydrogen) atoms. The molecule has 0 unspecified atom stereocenters. The van der Waals surface area contributed by atoms with Gasteiger partial charge in [-0.25, -0.2) is 4.98 Å². The number of benzene rings is 1. The van der Waals surface area contributed by atoms with E-state index in [1.807, 2.05) is 26.0 Å². The van der Waals surface area contributed by atoms with E-state index >= 15 is 0 Å². The first-order chi connectivity index (χ1) is 7.63. The van der Waals surface area contributed by atoms with Crippen molar-refractivity contribution in [2.75, 3.05) is 0 Å². The van der Waals surface area contributed by atoms with Gasteiger partial charge in [0.2, 0.25) is 0 Å². The summed E-state index contributed by atoms with van der Waals surface area (Å²) >= 11 is 0. The van der Waals surface area contributed by atoms with Gasteiger partial charge in [-0.2, -0.15) is 0 Å². The van der Waals surface area contributed by atoms with Gasteiger partial charge in [0.25, 0.3) is 0 Å². The molecule has 0 spiro atoms. The number of aliphatic hydroxyl groups is 1. The molecule has 0 aliphatic heterocycles. The Morgan fingerprint density at radius 3 is 2.62 bits per heavy atom. The third kappa shape index (κ3) is 1.60. The Kier molecular flexibility index (Phi) is 2.52. The van der Waals surface area contributed by atoms with Gasteiger partial charge < -0.3 is 10.2 Å². The van der Waals surface area contributed by atoms with Gasteiger partial charge in [-0.05, 0) is 37.1 Å². The third-order valence-electron chi connectivity index (χ3n) is 2.62. The molecule has 2 rings (SSSR count). The van der Waals surface area contributed by atoms with Gasteiger partial charge in [0.1, 0.15) is 11.3 Å². The summed E-state index contributed by atoms with van der Waals surface area (Å²) in [5.41, 5.74) is 3.09. The molecule has 0 saturated heterocycles. The Morgan fingerprint density at radius 2 is 1.94 bits per heavy atom. The molecule has 3 heteroatoms. The van der Waals surface area contributed by atoms with Crippen LogP contribution in [0.3, 0.4) is 0 Å². The zero-order chi connectivity index (χ0) is 11.7. The number of hydrogen-bond acceptors (Lipinski definition) is 3. The second-order valence-electron chi connectivity index (χ2n) is 3.81. The molecule has 1 heterocycles. The molecule has 0 fully saturated rings. The van der Waals surface area contributed by atoms with E-state index in [0.29, 0.717) is 11.2 Å². The van der Waals surface area contributed by atoms with E-state index < -0.39 is 0 Å². The first-order valence-electron chi connectivity index (χ1n) is 5.04. The average Bonchev–Trinajstić information content (AvgIpc) is 2.26. The number of hydrogen-bond donors (Lipinski definition) is 2. The maximum Gasteiger partial charge on any atom is 0.144 e. The molecule has 0 atom stereocenters. The average molecular weight is 215 g/mol. The number of aryl methyl sites for hydroxylation is 2. The summed E-state index contributed by atoms with van der Waals surface area (Å²) in [5.74, 6) is 0.203. The van der Waals surface area contributed by atoms with E-state index in [1.54, 1.807) is 6.07 Å². The zero-order valence-electron chi connectivity index (χ0n) is 9.23. The number of phenols is 1. The molecule has 3 nitrogen and oxygen atoms in total. The fraction of sp³-hybridized carbons (Fsp3) is 0.154. The Bertz CT molecular complexity index is 574. The molecule has 82 valence electrons. The highest BCUT2D eigenvalue weighted by Crippen LogP contribution is 2.29. The first kappa shape index (κ1) is 10.5. The lowest BCUT2D eigenvalue weighted by atomic mass is 10.0. The van der Waals surface area contributed by atoms with E-state index in [1.165, 1.54) is 6.08 Å². The van der Waals surface area contributed by atoms with E-state index in [0.717, 1.165) is 22.8 Å². The molecule has 0 aliphatic carbocycles. The summed E-state index contributed by atoms with van der Waals surface area (Å²) in [6, 6.07) is 5.63. The molecule has 2 N–H and O–H groups in total. The maximum atomic E-state index is 9.93. The maximum absolute atomic E-state index is 9.93. The molecule has 0 amide bonds. The topological polar surface area (TPSA) is 53.4 Å². The summed E-state index contributed by atoms with van der Waals surface area (Å²) in [5, 5.41) is 19.5. The van der Waals surface area contributed by atoms with Crippen molar-refractivity contribution in [1.29, 1.82) is 0 Å². The Balaban J connectivity index is 2.81. The van der Waals surface area contributed by atoms with Crippen molar-refractivity contribution in [2.24, 2.45) is 0 Å². The van der Waals surface area contributed by atoms with E-state index in [2.05, 4.69) is 4.98 Å². The molecular formula is C13H13NO2. The number of aromatic nitrogens is 1. The summed E-state index contributed by atoms with van der Waals surface area (Å²) in [7, 11) is 0. The Labute approximate surface area is 93.7 Å². The molecule has 0 bridgehead atoms. The van der Waals surface area contributed by atoms with Gasteiger partial charge in [0, 0.05) is 5.39 Å². The van der Waals surface area contributed by atoms with Gasteiger partial charge in [-0.15, -0.1) is 0 Å². The SMILES string of the molecule is Cc1cc(C)c2ccc(/C=C/O)nc2c1O. The van der Waals surface area contributed by atoms with Crippen LogP contribution >= 0.6 is 0 Å². The van der Waals surface area contributed by atoms with Crippen LogP contribution < -0.4 is 0 Å². The number of fused-ring (bicyclic) bond motifs is 1. The number of aromatic hydroxyl groups is 1. The van der Waals surface area contributed by atoms with Gasteiger partial charge in [0.05, 0.1) is 12.0 Å². The van der Waals surface area contributed by atoms with Gasteiger partial charge in [-0.3, -0.25) is 0 Å². The van der Waals surface area contributed by atoms with Crippen molar-refractivity contribution in [3.63, 3.8) is 0 Å². The molecule has 0 radical (unpaired) electrons. The Morgan fingerprint density at radius 1 is 1.19 bits per heavy atom. The Hall–Kier alpha value is -2.03. The number of nitrogens with zero attached hydrogens (tertiary/aromatic N) is 1. The number of rotatable bonds is 1. The number of pyridine rings is 1. The lowest BCUT2D eigenvalue weighted by Gasteiger charge is -2.07. The molecule has 2 aromatic rings. The molecule has 0 aliphatic rings. The predicted octanol–water partition coefficient (Wildman–Crippen LogP) is 3.09. The second-order valence-corrected chi connectivity index (χ2v) is 3.81. The van der Waals surface area contributed by atoms with E-state index in [9.17, 15) is 5.11 Å². The minimum absolute atomic E-state index is 0.203. The highest BCUT2D eigenvalue weighted by molar-refractivity contribution is 5.89. The molecule has 1 aromatic heterocycles. The normalized spacial score (nSPS) is 11.4. The molecule has 0 saturated carbocycles. The highest BCUT2D eigenvalue weighted by atomic mass is 16.3. The minimum atomic E-state index is 0.203. The van der Waals surface area contributed by atoms with Crippen molar-refractivity contribution in [1.82, 2.24) is 4.98 Å². The van der Waals surface area contributed by atoms with Crippen LogP contribution in [0.15, 0.2) is 24.5 Å². The third-order valence-corrected chi connectivity index (χ3v) is 2.62. The van der Waals surface area contributed by atoms with E-state index in [4.69, 9.17) is 5.11 Å². The first-order valence-corrected chi connectivity index (χ1v) is 5.04. The van der Waals surface area contributed by atoms with Crippen LogP contribution in [-0.4, -0.2) is 15.2 Å². The lowest BCUT2D eigenvalue weighted by molar-refractivity contribution is 0.475. The van der Waals surface area contributed by atoms with Crippen molar-refractivity contribution >= 4 is 17.0 Å². The van der Waals surface area contributed by atoms with Gasteiger partial charge in [-0.1, -0.05) is 12.1 Å². The standard InChI is InChI=1S/C13H13NO2/c1-8-7-9(2)13(16)12-11(8)4-3-10(14-12)5-6-15/h3-7,15-16H,1-2H3/b6-5+. The summed E-state index contributed by atoms with van der Waals surface area (Å²) in [6.07, 6.45) is 2.42. The van der Waals surface area contributed by atoms with Crippen molar-refractivity contribution in [3.05, 3.63) is 41.3 Å². The highest BCUT2D eigenvalue weighted by Gasteiger charge is 2.07. The second kappa shape index (κ2) is 3.85. The molecular weight excluding hydrogens is 202 g/mol. The van der Waals surface area contributed by atoms with Crippen LogP contribution in [0.5, 0.6) is 5.75 Å². The predicted molar refractivity (Wildman–Crippen MR) is 64.5 cm³/mol. The van der Waals surface area contributed by atoms with Crippen LogP contribution in [0.25, 0.3) is 17.0 Å². The summed E-state index contributed by atoms with van der Waals surface area (Å²) < 4.78 is 0. The monoisotopic (exact) mass is 215 g/mol. The quantitative estimate of drug-likeness (QED) is 0.719. The van der Waals surface area contributed by atoms with Crippen molar-refractivity contribution in [3.8, 4) is 5.75 Å². The fourth-order valence-corrected chi connectivity index (χ4v) is 1.80. The number of phenolic OH excluding ortho intramolecular Hbond substituents is 1. The van der Waals surface area contributed by atoms with Gasteiger partial charge >= 0.3 is 0 Å². The van der Waals surface area contributed by atoms with Crippen LogP contribution in [0, 0.1) is 13.8 Å². The smallest absolute Gasteiger partial charge is 0.144 e. The fourth-order valence-electron chi connectivity index (χ4n) is 1.80. The van der Waals surface area contributed by atoms with E-state index in [-0.39, 0.29) is 5.75 Å². The largest absolute Gasteiger partial charge is 0.516 e. The van der Waals surface area contributed by atoms with Crippen LogP contribution in [-0.2, 0) is 0 Å². The van der Waals surface area contributed by atoms with Crippen molar-refractivity contribution in [2.45, 2.75) is 13.8 Å². The van der Waals surface area contributed by atoms with Crippen LogP contribution in [0.1, 0.15) is 16.8 Å². The minimum Gasteiger partial charge on any atom is -0.516 e. The van der Waals surface area contributed by atoms with Crippen molar-refractivity contribution < 1.29 is 10.2 Å². The summed E-state index contributed by atoms with van der Waals surface area (Å²) in [6.45, 7) is 3.83. The van der Waals surface area contributed by atoms with Crippen LogP contribution in [0.2, 0.25) is 0 Å².